The molecule has 7 nitrogen and oxygen atoms in total. The van der Waals surface area contributed by atoms with Crippen molar-refractivity contribution in [3.63, 3.8) is 0 Å². The summed E-state index contributed by atoms with van der Waals surface area (Å²) < 4.78 is 74.2. The Morgan fingerprint density at radius 3 is 2.65 bits per heavy atom. The van der Waals surface area contributed by atoms with Gasteiger partial charge >= 0.3 is 12.1 Å². The van der Waals surface area contributed by atoms with Crippen LogP contribution in [0.25, 0.3) is 11.1 Å². The van der Waals surface area contributed by atoms with E-state index >= 15 is 4.39 Å². The molecule has 1 N–H and O–H groups in total. The number of alkyl halides is 3. The predicted molar refractivity (Wildman–Crippen MR) is 150 cm³/mol. The highest BCUT2D eigenvalue weighted by Gasteiger charge is 2.36. The van der Waals surface area contributed by atoms with Crippen LogP contribution < -0.4 is 9.64 Å². The topological polar surface area (TPSA) is 78.8 Å². The molecule has 0 bridgehead atoms. The number of carboxylic acid groups (broad SMARTS) is 1. The maximum Gasteiger partial charge on any atom is 0.401 e. The molecular formula is C31H33F5N4O3. The molecule has 0 saturated carbocycles. The fourth-order valence-electron chi connectivity index (χ4n) is 6.08. The van der Waals surface area contributed by atoms with Crippen LogP contribution in [-0.2, 0) is 11.4 Å². The Hall–Kier alpha value is -3.80. The minimum absolute atomic E-state index is 0.0182. The number of aliphatic carboxylic acids is 1. The number of pyridine rings is 2. The van der Waals surface area contributed by atoms with Gasteiger partial charge in [0.25, 0.3) is 0 Å². The first kappa shape index (κ1) is 30.7. The van der Waals surface area contributed by atoms with Gasteiger partial charge in [0.2, 0.25) is 0 Å². The van der Waals surface area contributed by atoms with Gasteiger partial charge < -0.3 is 14.7 Å². The van der Waals surface area contributed by atoms with Crippen LogP contribution in [0.2, 0.25) is 0 Å². The predicted octanol–water partition coefficient (Wildman–Crippen LogP) is 6.57. The first-order valence-electron chi connectivity index (χ1n) is 14.3. The van der Waals surface area contributed by atoms with Crippen molar-refractivity contribution in [2.75, 3.05) is 24.5 Å². The zero-order chi connectivity index (χ0) is 30.7. The van der Waals surface area contributed by atoms with E-state index in [1.54, 1.807) is 36.4 Å². The fourth-order valence-corrected chi connectivity index (χ4v) is 6.08. The molecule has 0 radical (unpaired) electrons. The molecule has 1 aromatic carbocycles. The molecule has 3 aromatic rings. The largest absolute Gasteiger partial charge is 0.485 e. The molecule has 5 rings (SSSR count). The van der Waals surface area contributed by atoms with Crippen molar-refractivity contribution in [1.82, 2.24) is 14.9 Å². The summed E-state index contributed by atoms with van der Waals surface area (Å²) in [5.74, 6) is -2.41. The molecule has 0 spiro atoms. The Kier molecular flexibility index (Phi) is 9.14. The molecule has 3 unspecified atom stereocenters. The lowest BCUT2D eigenvalue weighted by atomic mass is 9.86. The lowest BCUT2D eigenvalue weighted by Crippen LogP contribution is -2.45. The number of halogens is 5. The zero-order valence-electron chi connectivity index (χ0n) is 23.7. The summed E-state index contributed by atoms with van der Waals surface area (Å²) in [6.07, 6.45) is 3.64. The van der Waals surface area contributed by atoms with E-state index < -0.39 is 36.4 Å². The molecule has 43 heavy (non-hydrogen) atoms. The van der Waals surface area contributed by atoms with Gasteiger partial charge in [-0.2, -0.15) is 13.2 Å². The van der Waals surface area contributed by atoms with Crippen molar-refractivity contribution in [3.8, 4) is 16.9 Å². The molecule has 2 saturated heterocycles. The van der Waals surface area contributed by atoms with E-state index in [0.717, 1.165) is 30.5 Å². The van der Waals surface area contributed by atoms with Crippen LogP contribution in [0, 0.1) is 11.6 Å². The van der Waals surface area contributed by atoms with E-state index in [1.165, 1.54) is 11.1 Å². The number of anilines is 1. The van der Waals surface area contributed by atoms with Crippen molar-refractivity contribution >= 4 is 11.8 Å². The van der Waals surface area contributed by atoms with Crippen LogP contribution >= 0.6 is 0 Å². The van der Waals surface area contributed by atoms with E-state index in [9.17, 15) is 27.5 Å². The van der Waals surface area contributed by atoms with Crippen LogP contribution in [0.4, 0.5) is 27.8 Å². The zero-order valence-corrected chi connectivity index (χ0v) is 23.7. The molecule has 230 valence electrons. The molecular weight excluding hydrogens is 571 g/mol. The van der Waals surface area contributed by atoms with E-state index in [-0.39, 0.29) is 29.9 Å². The monoisotopic (exact) mass is 604 g/mol. The highest BCUT2D eigenvalue weighted by Crippen LogP contribution is 2.37. The lowest BCUT2D eigenvalue weighted by Gasteiger charge is -2.38. The maximum absolute atomic E-state index is 15.1. The van der Waals surface area contributed by atoms with Crippen LogP contribution in [0.1, 0.15) is 56.1 Å². The van der Waals surface area contributed by atoms with Crippen molar-refractivity contribution in [1.29, 1.82) is 0 Å². The first-order chi connectivity index (χ1) is 20.5. The fraction of sp³-hybridized carbons (Fsp3) is 0.452. The third-order valence-corrected chi connectivity index (χ3v) is 8.21. The van der Waals surface area contributed by atoms with E-state index in [1.807, 2.05) is 6.07 Å². The third-order valence-electron chi connectivity index (χ3n) is 8.21. The lowest BCUT2D eigenvalue weighted by molar-refractivity contribution is -0.153. The smallest absolute Gasteiger partial charge is 0.401 e. The Morgan fingerprint density at radius 2 is 1.91 bits per heavy atom. The van der Waals surface area contributed by atoms with Gasteiger partial charge in [-0.1, -0.05) is 0 Å². The highest BCUT2D eigenvalue weighted by molar-refractivity contribution is 5.79. The molecule has 3 atom stereocenters. The number of rotatable bonds is 8. The molecule has 0 aliphatic carbocycles. The molecule has 2 aromatic heterocycles. The van der Waals surface area contributed by atoms with Crippen LogP contribution in [-0.4, -0.2) is 63.8 Å². The highest BCUT2D eigenvalue weighted by atomic mass is 19.4. The quantitative estimate of drug-likeness (QED) is 0.291. The SMILES string of the molecule is CC1CC(c2cncc(COc3c(F)cc(F)cc3-c3ccnc(N4CCCCC4C(=O)O)c3)c2)CCN1CC(F)(F)F. The molecule has 2 aliphatic rings. The van der Waals surface area contributed by atoms with Gasteiger partial charge in [0, 0.05) is 48.4 Å². The molecule has 2 aliphatic heterocycles. The number of aromatic nitrogens is 2. The number of carbonyl (C=O) groups is 1. The standard InChI is InChI=1S/C31H33F5N4O3/c1-19-10-21(6-9-39(19)18-31(34,35)36)23-11-20(15-37-16-23)17-43-29-25(13-24(32)14-26(29)33)22-5-7-38-28(12-22)40-8-3-2-4-27(40)30(41)42/h5,7,11-16,19,21,27H,2-4,6,8-10,17-18H2,1H3,(H,41,42). The van der Waals surface area contributed by atoms with Crippen LogP contribution in [0.5, 0.6) is 5.75 Å². The number of carboxylic acids is 1. The maximum atomic E-state index is 15.1. The summed E-state index contributed by atoms with van der Waals surface area (Å²) in [5, 5.41) is 9.68. The molecule has 12 heteroatoms. The van der Waals surface area contributed by atoms with Gasteiger partial charge in [-0.15, -0.1) is 0 Å². The van der Waals surface area contributed by atoms with Gasteiger partial charge in [-0.3, -0.25) is 9.88 Å². The number of likely N-dealkylation sites (tertiary alicyclic amines) is 1. The summed E-state index contributed by atoms with van der Waals surface area (Å²) in [6, 6.07) is 5.95. The minimum atomic E-state index is -4.25. The number of ether oxygens (including phenoxy) is 1. The number of hydrogen-bond donors (Lipinski definition) is 1. The van der Waals surface area contributed by atoms with E-state index in [4.69, 9.17) is 4.74 Å². The van der Waals surface area contributed by atoms with Crippen molar-refractivity contribution in [2.45, 2.75) is 69.8 Å². The Labute approximate surface area is 246 Å². The van der Waals surface area contributed by atoms with Gasteiger partial charge in [-0.05, 0) is 86.9 Å². The summed E-state index contributed by atoms with van der Waals surface area (Å²) in [5.41, 5.74) is 2.07. The molecule has 4 heterocycles. The summed E-state index contributed by atoms with van der Waals surface area (Å²) in [7, 11) is 0. The summed E-state index contributed by atoms with van der Waals surface area (Å²) in [6.45, 7) is 1.58. The van der Waals surface area contributed by atoms with Gasteiger partial charge in [0.1, 0.15) is 24.3 Å². The van der Waals surface area contributed by atoms with Gasteiger partial charge in [0.05, 0.1) is 6.54 Å². The van der Waals surface area contributed by atoms with Crippen molar-refractivity contribution in [3.05, 3.63) is 71.7 Å². The second-order valence-electron chi connectivity index (χ2n) is 11.3. The second-order valence-corrected chi connectivity index (χ2v) is 11.3. The van der Waals surface area contributed by atoms with Crippen LogP contribution in [0.15, 0.2) is 48.9 Å². The summed E-state index contributed by atoms with van der Waals surface area (Å²) >= 11 is 0. The van der Waals surface area contributed by atoms with Crippen molar-refractivity contribution in [2.24, 2.45) is 0 Å². The third kappa shape index (κ3) is 7.41. The normalized spacial score (nSPS) is 21.5. The van der Waals surface area contributed by atoms with Gasteiger partial charge in [-0.25, -0.2) is 18.6 Å². The number of hydrogen-bond acceptors (Lipinski definition) is 6. The Bertz CT molecular complexity index is 1450. The Balaban J connectivity index is 1.34. The average Bonchev–Trinajstić information content (AvgIpc) is 2.97. The number of nitrogens with zero attached hydrogens (tertiary/aromatic N) is 4. The number of benzene rings is 1. The van der Waals surface area contributed by atoms with E-state index in [0.29, 0.717) is 49.3 Å². The molecule has 2 fully saturated rings. The summed E-state index contributed by atoms with van der Waals surface area (Å²) in [4.78, 5) is 23.6. The Morgan fingerprint density at radius 1 is 1.09 bits per heavy atom. The van der Waals surface area contributed by atoms with E-state index in [2.05, 4.69) is 9.97 Å². The van der Waals surface area contributed by atoms with Crippen LogP contribution in [0.3, 0.4) is 0 Å². The number of piperidine rings is 2. The van der Waals surface area contributed by atoms with Gasteiger partial charge in [0.15, 0.2) is 11.6 Å². The second kappa shape index (κ2) is 12.8. The van der Waals surface area contributed by atoms with Crippen molar-refractivity contribution < 1.29 is 36.6 Å². The first-order valence-corrected chi connectivity index (χ1v) is 14.3. The minimum Gasteiger partial charge on any atom is -0.485 e. The molecule has 0 amide bonds. The average molecular weight is 605 g/mol.